The van der Waals surface area contributed by atoms with Crippen LogP contribution in [0.3, 0.4) is 0 Å². The van der Waals surface area contributed by atoms with E-state index in [1.165, 1.54) is 4.90 Å². The third-order valence-corrected chi connectivity index (χ3v) is 4.85. The van der Waals surface area contributed by atoms with E-state index in [0.29, 0.717) is 37.6 Å². The smallest absolute Gasteiger partial charge is 0.348 e. The second-order valence-corrected chi connectivity index (χ2v) is 7.11. The zero-order valence-electron chi connectivity index (χ0n) is 16.8. The molecule has 0 aliphatic carbocycles. The minimum atomic E-state index is -1.75. The van der Waals surface area contributed by atoms with Crippen LogP contribution in [0.4, 0.5) is 5.69 Å². The van der Waals surface area contributed by atoms with Crippen LogP contribution in [0.1, 0.15) is 22.8 Å². The number of carbonyl (C=O) groups is 4. The molecular formula is C20H24N2O8. The van der Waals surface area contributed by atoms with Gasteiger partial charge in [-0.1, -0.05) is 0 Å². The van der Waals surface area contributed by atoms with E-state index in [1.807, 2.05) is 0 Å². The fourth-order valence-corrected chi connectivity index (χ4v) is 3.49. The van der Waals surface area contributed by atoms with Gasteiger partial charge in [0.1, 0.15) is 0 Å². The van der Waals surface area contributed by atoms with E-state index in [9.17, 15) is 24.3 Å². The topological polar surface area (TPSA) is 123 Å². The molecule has 0 bridgehead atoms. The summed E-state index contributed by atoms with van der Waals surface area (Å²) >= 11 is 0. The number of aryl methyl sites for hydroxylation is 1. The Balaban J connectivity index is 1.86. The van der Waals surface area contributed by atoms with Crippen molar-refractivity contribution in [2.75, 3.05) is 44.4 Å². The number of aliphatic carboxylic acids is 1. The number of rotatable bonds is 5. The van der Waals surface area contributed by atoms with Gasteiger partial charge in [-0.25, -0.2) is 4.79 Å². The number of hydrogen-bond donors (Lipinski definition) is 1. The molecule has 162 valence electrons. The van der Waals surface area contributed by atoms with Crippen LogP contribution in [-0.2, 0) is 28.6 Å². The molecular weight excluding hydrogens is 396 g/mol. The summed E-state index contributed by atoms with van der Waals surface area (Å²) in [7, 11) is 0. The molecule has 2 aliphatic rings. The maximum absolute atomic E-state index is 13.0. The number of benzene rings is 1. The lowest BCUT2D eigenvalue weighted by atomic mass is 10.1. The normalized spacial score (nSPS) is 20.6. The van der Waals surface area contributed by atoms with Crippen LogP contribution in [0.2, 0.25) is 0 Å². The average Bonchev–Trinajstić information content (AvgIpc) is 2.71. The molecule has 2 amide bonds. The number of esters is 1. The molecule has 3 rings (SSSR count). The van der Waals surface area contributed by atoms with E-state index in [-0.39, 0.29) is 19.1 Å². The van der Waals surface area contributed by atoms with Gasteiger partial charge in [0.15, 0.2) is 6.10 Å². The van der Waals surface area contributed by atoms with Gasteiger partial charge in [0, 0.05) is 37.8 Å². The van der Waals surface area contributed by atoms with Gasteiger partial charge >= 0.3 is 11.9 Å². The Bertz CT molecular complexity index is 849. The number of carboxylic acid groups (broad SMARTS) is 1. The Morgan fingerprint density at radius 1 is 1.13 bits per heavy atom. The first-order valence-corrected chi connectivity index (χ1v) is 9.59. The molecule has 0 spiro atoms. The molecule has 10 nitrogen and oxygen atoms in total. The van der Waals surface area contributed by atoms with Crippen molar-refractivity contribution in [2.24, 2.45) is 0 Å². The van der Waals surface area contributed by atoms with Crippen molar-refractivity contribution in [3.8, 4) is 0 Å². The molecule has 10 heteroatoms. The van der Waals surface area contributed by atoms with E-state index in [4.69, 9.17) is 14.2 Å². The van der Waals surface area contributed by atoms with E-state index in [0.717, 1.165) is 12.5 Å². The summed E-state index contributed by atoms with van der Waals surface area (Å²) in [6.07, 6.45) is -3.23. The van der Waals surface area contributed by atoms with Crippen molar-refractivity contribution >= 4 is 29.4 Å². The standard InChI is InChI=1S/C20H24N2O8/c1-12-9-14(18(24)21-3-6-28-7-4-21)11-15(10-12)22-5-8-29-16(19(22)25)17(20(26)27)30-13(2)23/h9-11,16-17H,3-8H2,1-2H3,(H,26,27). The molecule has 2 heterocycles. The molecule has 1 aromatic rings. The van der Waals surface area contributed by atoms with Gasteiger partial charge in [-0.05, 0) is 30.7 Å². The third-order valence-electron chi connectivity index (χ3n) is 4.85. The first-order chi connectivity index (χ1) is 14.3. The summed E-state index contributed by atoms with van der Waals surface area (Å²) in [6.45, 7) is 5.03. The third kappa shape index (κ3) is 4.77. The molecule has 2 aliphatic heterocycles. The Kier molecular flexibility index (Phi) is 6.68. The summed E-state index contributed by atoms with van der Waals surface area (Å²) in [6, 6.07) is 5.08. The van der Waals surface area contributed by atoms with Crippen molar-refractivity contribution in [3.05, 3.63) is 29.3 Å². The van der Waals surface area contributed by atoms with Gasteiger partial charge < -0.3 is 29.1 Å². The SMILES string of the molecule is CC(=O)OC(C(=O)O)C1OCCN(c2cc(C)cc(C(=O)N3CCOCC3)c2)C1=O. The monoisotopic (exact) mass is 420 g/mol. The van der Waals surface area contributed by atoms with Gasteiger partial charge in [-0.3, -0.25) is 14.4 Å². The van der Waals surface area contributed by atoms with Crippen LogP contribution in [-0.4, -0.2) is 85.4 Å². The Morgan fingerprint density at radius 3 is 2.47 bits per heavy atom. The van der Waals surface area contributed by atoms with Gasteiger partial charge in [0.25, 0.3) is 11.8 Å². The van der Waals surface area contributed by atoms with Crippen LogP contribution in [0.25, 0.3) is 0 Å². The maximum atomic E-state index is 13.0. The van der Waals surface area contributed by atoms with Gasteiger partial charge in [0.2, 0.25) is 6.10 Å². The quantitative estimate of drug-likeness (QED) is 0.671. The van der Waals surface area contributed by atoms with Gasteiger partial charge in [-0.15, -0.1) is 0 Å². The molecule has 2 fully saturated rings. The minimum absolute atomic E-state index is 0.0577. The van der Waals surface area contributed by atoms with Crippen molar-refractivity contribution in [3.63, 3.8) is 0 Å². The van der Waals surface area contributed by atoms with Crippen molar-refractivity contribution in [2.45, 2.75) is 26.1 Å². The molecule has 0 aromatic heterocycles. The second kappa shape index (κ2) is 9.23. The summed E-state index contributed by atoms with van der Waals surface area (Å²) in [4.78, 5) is 51.7. The molecule has 1 N–H and O–H groups in total. The number of carbonyl (C=O) groups excluding carboxylic acids is 3. The molecule has 30 heavy (non-hydrogen) atoms. The highest BCUT2D eigenvalue weighted by Gasteiger charge is 2.42. The highest BCUT2D eigenvalue weighted by Crippen LogP contribution is 2.25. The van der Waals surface area contributed by atoms with Crippen molar-refractivity contribution < 1.29 is 38.5 Å². The molecule has 0 saturated carbocycles. The van der Waals surface area contributed by atoms with Crippen molar-refractivity contribution in [1.82, 2.24) is 4.90 Å². The van der Waals surface area contributed by atoms with Gasteiger partial charge in [-0.2, -0.15) is 0 Å². The van der Waals surface area contributed by atoms with Crippen LogP contribution in [0.15, 0.2) is 18.2 Å². The minimum Gasteiger partial charge on any atom is -0.478 e. The van der Waals surface area contributed by atoms with Gasteiger partial charge in [0.05, 0.1) is 19.8 Å². The van der Waals surface area contributed by atoms with Crippen LogP contribution in [0.5, 0.6) is 0 Å². The number of ether oxygens (including phenoxy) is 3. The number of morpholine rings is 2. The summed E-state index contributed by atoms with van der Waals surface area (Å²) < 4.78 is 15.4. The molecule has 0 radical (unpaired) electrons. The molecule has 1 aromatic carbocycles. The predicted octanol–water partition coefficient (Wildman–Crippen LogP) is 0.216. The highest BCUT2D eigenvalue weighted by atomic mass is 16.6. The van der Waals surface area contributed by atoms with Crippen LogP contribution in [0, 0.1) is 6.92 Å². The molecule has 2 atom stereocenters. The lowest BCUT2D eigenvalue weighted by molar-refractivity contribution is -0.177. The van der Waals surface area contributed by atoms with E-state index in [1.54, 1.807) is 30.0 Å². The average molecular weight is 420 g/mol. The maximum Gasteiger partial charge on any atom is 0.348 e. The largest absolute Gasteiger partial charge is 0.478 e. The van der Waals surface area contributed by atoms with Crippen LogP contribution >= 0.6 is 0 Å². The number of carboxylic acids is 1. The van der Waals surface area contributed by atoms with Crippen molar-refractivity contribution in [1.29, 1.82) is 0 Å². The van der Waals surface area contributed by atoms with E-state index < -0.39 is 30.1 Å². The highest BCUT2D eigenvalue weighted by molar-refractivity contribution is 6.02. The first-order valence-electron chi connectivity index (χ1n) is 9.59. The van der Waals surface area contributed by atoms with Crippen LogP contribution < -0.4 is 4.90 Å². The zero-order valence-corrected chi connectivity index (χ0v) is 16.8. The summed E-state index contributed by atoms with van der Waals surface area (Å²) in [5, 5.41) is 9.37. The lowest BCUT2D eigenvalue weighted by Gasteiger charge is -2.35. The molecule has 2 unspecified atom stereocenters. The second-order valence-electron chi connectivity index (χ2n) is 7.11. The number of hydrogen-bond acceptors (Lipinski definition) is 7. The fourth-order valence-electron chi connectivity index (χ4n) is 3.49. The number of anilines is 1. The summed E-state index contributed by atoms with van der Waals surface area (Å²) in [5.41, 5.74) is 1.66. The first kappa shape index (κ1) is 21.7. The number of nitrogens with zero attached hydrogens (tertiary/aromatic N) is 2. The van der Waals surface area contributed by atoms with E-state index >= 15 is 0 Å². The Morgan fingerprint density at radius 2 is 1.83 bits per heavy atom. The van der Waals surface area contributed by atoms with E-state index in [2.05, 4.69) is 0 Å². The lowest BCUT2D eigenvalue weighted by Crippen LogP contribution is -2.55. The Labute approximate surface area is 173 Å². The molecule has 2 saturated heterocycles. The Hall–Kier alpha value is -2.98. The summed E-state index contributed by atoms with van der Waals surface area (Å²) in [5.74, 6) is -3.11. The number of amides is 2. The zero-order chi connectivity index (χ0) is 21.8. The fraction of sp³-hybridized carbons (Fsp3) is 0.500. The predicted molar refractivity (Wildman–Crippen MR) is 103 cm³/mol.